The number of aryl methyl sites for hydroxylation is 1. The highest BCUT2D eigenvalue weighted by atomic mass is 32.2. The smallest absolute Gasteiger partial charge is 0.319 e. The fraction of sp³-hybridized carbons (Fsp3) is 0.500. The van der Waals surface area contributed by atoms with Crippen LogP contribution in [0.3, 0.4) is 0 Å². The van der Waals surface area contributed by atoms with E-state index in [0.717, 1.165) is 30.3 Å². The van der Waals surface area contributed by atoms with Gasteiger partial charge in [-0.2, -0.15) is 0 Å². The average molecular weight is 376 g/mol. The zero-order valence-corrected chi connectivity index (χ0v) is 16.2. The lowest BCUT2D eigenvalue weighted by Crippen LogP contribution is -2.38. The fourth-order valence-electron chi connectivity index (χ4n) is 2.80. The maximum absolute atomic E-state index is 12.0. The predicted octanol–water partition coefficient (Wildman–Crippen LogP) is 2.46. The van der Waals surface area contributed by atoms with Crippen molar-refractivity contribution in [2.24, 2.45) is 0 Å². The van der Waals surface area contributed by atoms with Crippen molar-refractivity contribution in [3.05, 3.63) is 29.8 Å². The van der Waals surface area contributed by atoms with Crippen LogP contribution < -0.4 is 4.90 Å². The molecule has 1 aliphatic heterocycles. The van der Waals surface area contributed by atoms with Crippen LogP contribution in [0.25, 0.3) is 5.69 Å². The van der Waals surface area contributed by atoms with Crippen molar-refractivity contribution in [1.29, 1.82) is 0 Å². The molecule has 8 heteroatoms. The zero-order chi connectivity index (χ0) is 18.5. The summed E-state index contributed by atoms with van der Waals surface area (Å²) in [5, 5.41) is 9.12. The minimum Gasteiger partial charge on any atom is -0.465 e. The van der Waals surface area contributed by atoms with Gasteiger partial charge in [0, 0.05) is 13.1 Å². The minimum absolute atomic E-state index is 0.246. The number of anilines is 1. The van der Waals surface area contributed by atoms with Gasteiger partial charge in [0.15, 0.2) is 5.16 Å². The third-order valence-electron chi connectivity index (χ3n) is 4.17. The largest absolute Gasteiger partial charge is 0.465 e. The first-order valence-corrected chi connectivity index (χ1v) is 9.67. The van der Waals surface area contributed by atoms with E-state index in [1.54, 1.807) is 0 Å². The van der Waals surface area contributed by atoms with Crippen molar-refractivity contribution in [1.82, 2.24) is 14.8 Å². The number of ether oxygens (including phenoxy) is 2. The molecule has 3 rings (SSSR count). The molecule has 1 atom stereocenters. The first kappa shape index (κ1) is 18.7. The molecule has 0 amide bonds. The molecule has 0 saturated carbocycles. The zero-order valence-electron chi connectivity index (χ0n) is 15.3. The molecule has 0 radical (unpaired) electrons. The predicted molar refractivity (Wildman–Crippen MR) is 101 cm³/mol. The van der Waals surface area contributed by atoms with Crippen LogP contribution in [0, 0.1) is 6.92 Å². The van der Waals surface area contributed by atoms with Gasteiger partial charge in [0.05, 0.1) is 25.5 Å². The van der Waals surface area contributed by atoms with Crippen molar-refractivity contribution < 1.29 is 14.3 Å². The van der Waals surface area contributed by atoms with Gasteiger partial charge in [0.1, 0.15) is 5.25 Å². The minimum atomic E-state index is -0.362. The quantitative estimate of drug-likeness (QED) is 0.566. The summed E-state index contributed by atoms with van der Waals surface area (Å²) in [5.74, 6) is 0.533. The summed E-state index contributed by atoms with van der Waals surface area (Å²) in [4.78, 5) is 14.2. The number of hydrogen-bond acceptors (Lipinski definition) is 7. The molecule has 0 bridgehead atoms. The summed E-state index contributed by atoms with van der Waals surface area (Å²) in [6.45, 7) is 8.93. The number of nitrogens with zero attached hydrogens (tertiary/aromatic N) is 4. The van der Waals surface area contributed by atoms with Crippen LogP contribution >= 0.6 is 11.8 Å². The average Bonchev–Trinajstić information content (AvgIpc) is 3.06. The number of thioether (sulfide) groups is 1. The van der Waals surface area contributed by atoms with Crippen molar-refractivity contribution in [2.75, 3.05) is 37.8 Å². The monoisotopic (exact) mass is 376 g/mol. The molecule has 1 fully saturated rings. The van der Waals surface area contributed by atoms with E-state index in [1.165, 1.54) is 11.8 Å². The number of aromatic nitrogens is 3. The lowest BCUT2D eigenvalue weighted by Gasteiger charge is -2.28. The van der Waals surface area contributed by atoms with E-state index in [2.05, 4.69) is 28.1 Å². The van der Waals surface area contributed by atoms with Gasteiger partial charge < -0.3 is 14.4 Å². The Labute approximate surface area is 157 Å². The molecule has 26 heavy (non-hydrogen) atoms. The van der Waals surface area contributed by atoms with Crippen LogP contribution in [0.2, 0.25) is 0 Å². The van der Waals surface area contributed by atoms with E-state index in [9.17, 15) is 4.79 Å². The van der Waals surface area contributed by atoms with Gasteiger partial charge in [0.25, 0.3) is 0 Å². The lowest BCUT2D eigenvalue weighted by molar-refractivity contribution is -0.142. The number of morpholine rings is 1. The number of hydrogen-bond donors (Lipinski definition) is 0. The second-order valence-electron chi connectivity index (χ2n) is 6.02. The second-order valence-corrected chi connectivity index (χ2v) is 7.32. The molecule has 0 spiro atoms. The van der Waals surface area contributed by atoms with Crippen LogP contribution in [-0.4, -0.2) is 58.9 Å². The molecule has 1 aromatic heterocycles. The maximum atomic E-state index is 12.0. The molecule has 0 aliphatic carbocycles. The highest BCUT2D eigenvalue weighted by Gasteiger charge is 2.25. The summed E-state index contributed by atoms with van der Waals surface area (Å²) in [7, 11) is 0. The summed E-state index contributed by atoms with van der Waals surface area (Å²) < 4.78 is 12.6. The molecule has 1 saturated heterocycles. The normalized spacial score (nSPS) is 15.7. The SMILES string of the molecule is CCOC(=O)[C@H](C)Sc1nnc(N2CCOCC2)n1-c1ccccc1C. The van der Waals surface area contributed by atoms with Crippen LogP contribution in [0.4, 0.5) is 5.95 Å². The Balaban J connectivity index is 1.98. The Morgan fingerprint density at radius 3 is 2.73 bits per heavy atom. The molecular weight excluding hydrogens is 352 g/mol. The van der Waals surface area contributed by atoms with E-state index >= 15 is 0 Å². The maximum Gasteiger partial charge on any atom is 0.319 e. The molecule has 0 unspecified atom stereocenters. The first-order chi connectivity index (χ1) is 12.6. The van der Waals surface area contributed by atoms with Crippen molar-refractivity contribution >= 4 is 23.7 Å². The summed E-state index contributed by atoms with van der Waals surface area (Å²) in [6, 6.07) is 8.10. The van der Waals surface area contributed by atoms with Crippen LogP contribution in [-0.2, 0) is 14.3 Å². The molecule has 1 aromatic carbocycles. The Morgan fingerprint density at radius 2 is 2.04 bits per heavy atom. The molecule has 1 aliphatic rings. The number of benzene rings is 1. The lowest BCUT2D eigenvalue weighted by atomic mass is 10.2. The van der Waals surface area contributed by atoms with E-state index in [0.29, 0.717) is 25.0 Å². The second kappa shape index (κ2) is 8.55. The van der Waals surface area contributed by atoms with Gasteiger partial charge in [-0.05, 0) is 32.4 Å². The number of para-hydroxylation sites is 1. The number of carbonyl (C=O) groups excluding carboxylic acids is 1. The first-order valence-electron chi connectivity index (χ1n) is 8.79. The summed E-state index contributed by atoms with van der Waals surface area (Å²) in [5.41, 5.74) is 2.13. The molecule has 140 valence electrons. The van der Waals surface area contributed by atoms with Gasteiger partial charge in [-0.3, -0.25) is 9.36 Å². The topological polar surface area (TPSA) is 69.5 Å². The third-order valence-corrected chi connectivity index (χ3v) is 5.19. The van der Waals surface area contributed by atoms with Crippen LogP contribution in [0.5, 0.6) is 0 Å². The number of rotatable bonds is 6. The number of esters is 1. The standard InChI is InChI=1S/C18H24N4O3S/c1-4-25-16(23)14(3)26-18-20-19-17(21-9-11-24-12-10-21)22(18)15-8-6-5-7-13(15)2/h5-8,14H,4,9-12H2,1-3H3/t14-/m0/s1. The Hall–Kier alpha value is -2.06. The molecule has 2 heterocycles. The molecular formula is C18H24N4O3S. The Kier molecular flexibility index (Phi) is 6.16. The van der Waals surface area contributed by atoms with Gasteiger partial charge >= 0.3 is 5.97 Å². The van der Waals surface area contributed by atoms with E-state index < -0.39 is 0 Å². The van der Waals surface area contributed by atoms with E-state index in [1.807, 2.05) is 36.6 Å². The summed E-state index contributed by atoms with van der Waals surface area (Å²) in [6.07, 6.45) is 0. The van der Waals surface area contributed by atoms with Gasteiger partial charge in [-0.25, -0.2) is 0 Å². The Morgan fingerprint density at radius 1 is 1.31 bits per heavy atom. The van der Waals surface area contributed by atoms with Gasteiger partial charge in [0.2, 0.25) is 5.95 Å². The van der Waals surface area contributed by atoms with Crippen molar-refractivity contribution in [3.8, 4) is 5.69 Å². The van der Waals surface area contributed by atoms with Crippen LogP contribution in [0.15, 0.2) is 29.4 Å². The van der Waals surface area contributed by atoms with Crippen molar-refractivity contribution in [3.63, 3.8) is 0 Å². The highest BCUT2D eigenvalue weighted by molar-refractivity contribution is 8.00. The number of carbonyl (C=O) groups is 1. The van der Waals surface area contributed by atoms with E-state index in [4.69, 9.17) is 9.47 Å². The third kappa shape index (κ3) is 4.02. The van der Waals surface area contributed by atoms with Crippen LogP contribution in [0.1, 0.15) is 19.4 Å². The molecule has 7 nitrogen and oxygen atoms in total. The van der Waals surface area contributed by atoms with Crippen molar-refractivity contribution in [2.45, 2.75) is 31.2 Å². The highest BCUT2D eigenvalue weighted by Crippen LogP contribution is 2.31. The fourth-order valence-corrected chi connectivity index (χ4v) is 3.65. The molecule has 2 aromatic rings. The molecule has 0 N–H and O–H groups in total. The Bertz CT molecular complexity index is 759. The van der Waals surface area contributed by atoms with E-state index in [-0.39, 0.29) is 11.2 Å². The van der Waals surface area contributed by atoms with Gasteiger partial charge in [-0.1, -0.05) is 30.0 Å². The van der Waals surface area contributed by atoms with Gasteiger partial charge in [-0.15, -0.1) is 10.2 Å². The summed E-state index contributed by atoms with van der Waals surface area (Å²) >= 11 is 1.36.